The third kappa shape index (κ3) is 3.18. The van der Waals surface area contributed by atoms with Gasteiger partial charge >= 0.3 is 0 Å². The van der Waals surface area contributed by atoms with Gasteiger partial charge in [-0.3, -0.25) is 0 Å². The number of sulfone groups is 1. The van der Waals surface area contributed by atoms with Crippen molar-refractivity contribution in [2.45, 2.75) is 52.1 Å². The number of allylic oxidation sites excluding steroid dienone is 2. The summed E-state index contributed by atoms with van der Waals surface area (Å²) in [5.41, 5.74) is -0.217. The molecule has 1 spiro atoms. The largest absolute Gasteiger partial charge is 0.393 e. The van der Waals surface area contributed by atoms with Crippen molar-refractivity contribution < 1.29 is 13.5 Å². The molecule has 0 aromatic heterocycles. The van der Waals surface area contributed by atoms with Crippen molar-refractivity contribution in [3.63, 3.8) is 0 Å². The third-order valence-corrected chi connectivity index (χ3v) is 10.8. The van der Waals surface area contributed by atoms with E-state index in [2.05, 4.69) is 24.3 Å². The lowest BCUT2D eigenvalue weighted by Crippen LogP contribution is -2.62. The molecule has 4 aliphatic carbocycles. The standard InChI is InChI=1S/C24H26O3S2/c25-20-16-24-14-7-12-21(28-17-8-3-1-4-9-17)22(24)23(19(20)13-15-24)29(26,27)18-10-5-2-6-11-18/h1-11,14,19-23,25H,12-13,15-16H2. The topological polar surface area (TPSA) is 54.4 Å². The van der Waals surface area contributed by atoms with Crippen LogP contribution in [0.3, 0.4) is 0 Å². The van der Waals surface area contributed by atoms with Gasteiger partial charge in [0, 0.05) is 16.1 Å². The number of aliphatic hydroxyl groups excluding tert-OH is 1. The molecule has 6 unspecified atom stereocenters. The summed E-state index contributed by atoms with van der Waals surface area (Å²) in [6, 6.07) is 19.1. The van der Waals surface area contributed by atoms with Gasteiger partial charge in [0.15, 0.2) is 9.84 Å². The van der Waals surface area contributed by atoms with Crippen molar-refractivity contribution in [1.82, 2.24) is 0 Å². The molecule has 2 aromatic rings. The van der Waals surface area contributed by atoms with Crippen molar-refractivity contribution >= 4 is 21.6 Å². The van der Waals surface area contributed by atoms with Crippen LogP contribution in [0.15, 0.2) is 82.6 Å². The van der Waals surface area contributed by atoms with Crippen molar-refractivity contribution in [3.05, 3.63) is 72.8 Å². The Morgan fingerprint density at radius 2 is 1.69 bits per heavy atom. The van der Waals surface area contributed by atoms with Crippen LogP contribution < -0.4 is 0 Å². The van der Waals surface area contributed by atoms with Crippen LogP contribution in [0.2, 0.25) is 0 Å². The zero-order chi connectivity index (χ0) is 20.1. The Kier molecular flexibility index (Phi) is 4.88. The predicted octanol–water partition coefficient (Wildman–Crippen LogP) is 4.73. The number of hydrogen-bond acceptors (Lipinski definition) is 4. The van der Waals surface area contributed by atoms with Gasteiger partial charge in [-0.05, 0) is 61.3 Å². The molecule has 1 N–H and O–H groups in total. The average Bonchev–Trinajstić information content (AvgIpc) is 2.74. The predicted molar refractivity (Wildman–Crippen MR) is 117 cm³/mol. The summed E-state index contributed by atoms with van der Waals surface area (Å²) in [4.78, 5) is 1.57. The lowest BCUT2D eigenvalue weighted by molar-refractivity contribution is -0.0665. The van der Waals surface area contributed by atoms with E-state index in [1.807, 2.05) is 24.3 Å². The van der Waals surface area contributed by atoms with E-state index in [1.54, 1.807) is 36.0 Å². The third-order valence-electron chi connectivity index (χ3n) is 7.15. The molecule has 0 radical (unpaired) electrons. The fourth-order valence-corrected chi connectivity index (χ4v) is 10.00. The van der Waals surface area contributed by atoms with E-state index in [0.717, 1.165) is 19.3 Å². The lowest BCUT2D eigenvalue weighted by atomic mass is 9.51. The summed E-state index contributed by atoms with van der Waals surface area (Å²) < 4.78 is 27.7. The van der Waals surface area contributed by atoms with Gasteiger partial charge in [-0.15, -0.1) is 11.8 Å². The van der Waals surface area contributed by atoms with E-state index in [9.17, 15) is 13.5 Å². The summed E-state index contributed by atoms with van der Waals surface area (Å²) in [5, 5.41) is 10.5. The highest BCUT2D eigenvalue weighted by Crippen LogP contribution is 2.62. The van der Waals surface area contributed by atoms with Gasteiger partial charge in [0.25, 0.3) is 0 Å². The van der Waals surface area contributed by atoms with Crippen LogP contribution in [0.4, 0.5) is 0 Å². The number of aliphatic hydroxyl groups is 1. The van der Waals surface area contributed by atoms with Crippen molar-refractivity contribution in [2.24, 2.45) is 17.3 Å². The molecule has 29 heavy (non-hydrogen) atoms. The Morgan fingerprint density at radius 1 is 1.00 bits per heavy atom. The monoisotopic (exact) mass is 426 g/mol. The molecule has 0 saturated heterocycles. The smallest absolute Gasteiger partial charge is 0.181 e. The summed E-state index contributed by atoms with van der Waals surface area (Å²) in [7, 11) is -3.53. The molecular weight excluding hydrogens is 400 g/mol. The first-order valence-electron chi connectivity index (χ1n) is 10.4. The number of benzene rings is 2. The van der Waals surface area contributed by atoms with Crippen LogP contribution >= 0.6 is 11.8 Å². The lowest BCUT2D eigenvalue weighted by Gasteiger charge is -2.60. The zero-order valence-corrected chi connectivity index (χ0v) is 17.9. The second-order valence-corrected chi connectivity index (χ2v) is 12.1. The van der Waals surface area contributed by atoms with Gasteiger partial charge in [-0.25, -0.2) is 8.42 Å². The molecular formula is C24H26O3S2. The van der Waals surface area contributed by atoms with E-state index >= 15 is 0 Å². The van der Waals surface area contributed by atoms with E-state index in [0.29, 0.717) is 11.3 Å². The van der Waals surface area contributed by atoms with E-state index < -0.39 is 21.2 Å². The minimum Gasteiger partial charge on any atom is -0.393 e. The molecule has 6 atom stereocenters. The molecule has 0 heterocycles. The van der Waals surface area contributed by atoms with Crippen LogP contribution in [0.25, 0.3) is 0 Å². The SMILES string of the molecule is O=S(=O)(c1ccccc1)C1C2CCC3(C=CCC(Sc4ccccc4)C13)CC2O. The summed E-state index contributed by atoms with van der Waals surface area (Å²) in [5.74, 6) is -0.164. The Hall–Kier alpha value is -1.56. The normalized spacial score (nSPS) is 36.0. The maximum absolute atomic E-state index is 13.8. The molecule has 2 bridgehead atoms. The highest BCUT2D eigenvalue weighted by atomic mass is 32.2. The van der Waals surface area contributed by atoms with Crippen LogP contribution in [0, 0.1) is 17.3 Å². The van der Waals surface area contributed by atoms with Gasteiger partial charge in [-0.2, -0.15) is 0 Å². The molecule has 0 aliphatic heterocycles. The van der Waals surface area contributed by atoms with Crippen LogP contribution in [-0.2, 0) is 9.84 Å². The molecule has 3 nitrogen and oxygen atoms in total. The summed E-state index contributed by atoms with van der Waals surface area (Å²) in [6.45, 7) is 0. The Bertz CT molecular complexity index is 1000. The van der Waals surface area contributed by atoms with E-state index in [-0.39, 0.29) is 22.5 Å². The summed E-state index contributed by atoms with van der Waals surface area (Å²) >= 11 is 1.80. The Balaban J connectivity index is 1.60. The number of hydrogen-bond donors (Lipinski definition) is 1. The van der Waals surface area contributed by atoms with Gasteiger partial charge in [-0.1, -0.05) is 48.6 Å². The fraction of sp³-hybridized carbons (Fsp3) is 0.417. The number of fused-ring (bicyclic) bond motifs is 2. The minimum atomic E-state index is -3.53. The van der Waals surface area contributed by atoms with Crippen molar-refractivity contribution in [2.75, 3.05) is 0 Å². The first kappa shape index (κ1) is 19.4. The number of thioether (sulfide) groups is 1. The molecule has 0 amide bonds. The molecule has 5 heteroatoms. The second-order valence-electron chi connectivity index (χ2n) is 8.66. The molecule has 2 aromatic carbocycles. The minimum absolute atomic E-state index is 0.0186. The molecule has 3 saturated carbocycles. The highest BCUT2D eigenvalue weighted by Gasteiger charge is 2.62. The maximum Gasteiger partial charge on any atom is 0.181 e. The average molecular weight is 427 g/mol. The van der Waals surface area contributed by atoms with E-state index in [4.69, 9.17) is 0 Å². The first-order chi connectivity index (χ1) is 14.0. The Morgan fingerprint density at radius 3 is 2.38 bits per heavy atom. The molecule has 152 valence electrons. The first-order valence-corrected chi connectivity index (χ1v) is 12.8. The van der Waals surface area contributed by atoms with Crippen LogP contribution in [0.1, 0.15) is 25.7 Å². The number of rotatable bonds is 4. The zero-order valence-electron chi connectivity index (χ0n) is 16.2. The fourth-order valence-electron chi connectivity index (χ4n) is 5.96. The Labute approximate surface area is 177 Å². The molecule has 4 aliphatic rings. The quantitative estimate of drug-likeness (QED) is 0.719. The van der Waals surface area contributed by atoms with Crippen molar-refractivity contribution in [3.8, 4) is 0 Å². The molecule has 3 fully saturated rings. The van der Waals surface area contributed by atoms with E-state index in [1.165, 1.54) is 4.90 Å². The molecule has 6 rings (SSSR count). The second kappa shape index (κ2) is 7.29. The highest BCUT2D eigenvalue weighted by molar-refractivity contribution is 8.00. The van der Waals surface area contributed by atoms with Crippen LogP contribution in [0.5, 0.6) is 0 Å². The van der Waals surface area contributed by atoms with Crippen molar-refractivity contribution in [1.29, 1.82) is 0 Å². The van der Waals surface area contributed by atoms with Gasteiger partial charge in [0.2, 0.25) is 0 Å². The van der Waals surface area contributed by atoms with Gasteiger partial charge in [0.1, 0.15) is 0 Å². The van der Waals surface area contributed by atoms with Gasteiger partial charge in [0.05, 0.1) is 16.2 Å². The maximum atomic E-state index is 13.8. The summed E-state index contributed by atoms with van der Waals surface area (Å²) in [6.07, 6.45) is 7.23. The van der Waals surface area contributed by atoms with Crippen LogP contribution in [-0.4, -0.2) is 30.1 Å². The van der Waals surface area contributed by atoms with Gasteiger partial charge < -0.3 is 5.11 Å².